The molecule has 2 aromatic rings. The first-order valence-corrected chi connectivity index (χ1v) is 4.72. The van der Waals surface area contributed by atoms with Crippen molar-refractivity contribution in [2.45, 2.75) is 0 Å². The van der Waals surface area contributed by atoms with Crippen molar-refractivity contribution in [1.82, 2.24) is 4.98 Å². The lowest BCUT2D eigenvalue weighted by Crippen LogP contribution is -2.12. The minimum atomic E-state index is -0.558. The molecule has 2 rings (SSSR count). The SMILES string of the molecule is O=C(CCl)Nc1cccc2[nH]c(=O)oc12. The second-order valence-electron chi connectivity index (χ2n) is 2.88. The van der Waals surface area contributed by atoms with Gasteiger partial charge in [0.1, 0.15) is 5.88 Å². The quantitative estimate of drug-likeness (QED) is 0.758. The Kier molecular flexibility index (Phi) is 2.47. The van der Waals surface area contributed by atoms with Gasteiger partial charge in [0.05, 0.1) is 11.2 Å². The molecule has 1 amide bonds. The molecule has 15 heavy (non-hydrogen) atoms. The summed E-state index contributed by atoms with van der Waals surface area (Å²) >= 11 is 5.35. The molecule has 1 aromatic heterocycles. The molecule has 0 atom stereocenters. The third-order valence-electron chi connectivity index (χ3n) is 1.84. The topological polar surface area (TPSA) is 75.1 Å². The molecule has 2 N–H and O–H groups in total. The van der Waals surface area contributed by atoms with E-state index in [9.17, 15) is 9.59 Å². The smallest absolute Gasteiger partial charge is 0.406 e. The predicted molar refractivity (Wildman–Crippen MR) is 56.2 cm³/mol. The van der Waals surface area contributed by atoms with Gasteiger partial charge in [-0.3, -0.25) is 9.78 Å². The van der Waals surface area contributed by atoms with Crippen LogP contribution in [0.1, 0.15) is 0 Å². The van der Waals surface area contributed by atoms with Gasteiger partial charge in [-0.25, -0.2) is 4.79 Å². The number of aromatic amines is 1. The van der Waals surface area contributed by atoms with Gasteiger partial charge in [0, 0.05) is 0 Å². The summed E-state index contributed by atoms with van der Waals surface area (Å²) in [5, 5.41) is 2.52. The van der Waals surface area contributed by atoms with Crippen LogP contribution in [0.15, 0.2) is 27.4 Å². The Morgan fingerprint density at radius 1 is 1.53 bits per heavy atom. The average Bonchev–Trinajstić information content (AvgIpc) is 2.59. The Morgan fingerprint density at radius 3 is 3.07 bits per heavy atom. The Labute approximate surface area is 89.0 Å². The van der Waals surface area contributed by atoms with Crippen molar-refractivity contribution >= 4 is 34.3 Å². The van der Waals surface area contributed by atoms with Crippen LogP contribution in [0.4, 0.5) is 5.69 Å². The van der Waals surface area contributed by atoms with Gasteiger partial charge >= 0.3 is 5.76 Å². The summed E-state index contributed by atoms with van der Waals surface area (Å²) in [6.07, 6.45) is 0. The second kappa shape index (κ2) is 3.78. The number of aromatic nitrogens is 1. The summed E-state index contributed by atoms with van der Waals surface area (Å²) in [4.78, 5) is 24.5. The van der Waals surface area contributed by atoms with Gasteiger partial charge in [-0.15, -0.1) is 11.6 Å². The van der Waals surface area contributed by atoms with Crippen LogP contribution in [0.5, 0.6) is 0 Å². The third-order valence-corrected chi connectivity index (χ3v) is 2.08. The van der Waals surface area contributed by atoms with Gasteiger partial charge in [0.15, 0.2) is 5.58 Å². The molecular weight excluding hydrogens is 220 g/mol. The molecule has 0 spiro atoms. The van der Waals surface area contributed by atoms with Crippen LogP contribution in [0, 0.1) is 0 Å². The van der Waals surface area contributed by atoms with Crippen molar-refractivity contribution in [3.8, 4) is 0 Å². The zero-order chi connectivity index (χ0) is 10.8. The van der Waals surface area contributed by atoms with Gasteiger partial charge in [0.2, 0.25) is 5.91 Å². The molecular formula is C9H7ClN2O3. The number of oxazole rings is 1. The van der Waals surface area contributed by atoms with Gasteiger partial charge in [-0.2, -0.15) is 0 Å². The van der Waals surface area contributed by atoms with Crippen LogP contribution in [0.3, 0.4) is 0 Å². The van der Waals surface area contributed by atoms with Gasteiger partial charge in [-0.1, -0.05) is 6.07 Å². The first-order chi connectivity index (χ1) is 7.20. The lowest BCUT2D eigenvalue weighted by atomic mass is 10.3. The summed E-state index contributed by atoms with van der Waals surface area (Å²) < 4.78 is 4.88. The molecule has 6 heteroatoms. The maximum atomic E-state index is 11.1. The molecule has 0 unspecified atom stereocenters. The Morgan fingerprint density at radius 2 is 2.33 bits per heavy atom. The highest BCUT2D eigenvalue weighted by atomic mass is 35.5. The summed E-state index contributed by atoms with van der Waals surface area (Å²) in [6, 6.07) is 5.00. The Balaban J connectivity index is 2.50. The molecule has 0 saturated carbocycles. The normalized spacial score (nSPS) is 10.5. The molecule has 0 bridgehead atoms. The van der Waals surface area contributed by atoms with E-state index in [1.54, 1.807) is 18.2 Å². The van der Waals surface area contributed by atoms with Crippen LogP contribution in [0.25, 0.3) is 11.1 Å². The number of halogens is 1. The number of para-hydroxylation sites is 1. The lowest BCUT2D eigenvalue weighted by molar-refractivity contribution is -0.113. The molecule has 0 aliphatic carbocycles. The van der Waals surface area contributed by atoms with E-state index in [-0.39, 0.29) is 11.8 Å². The van der Waals surface area contributed by atoms with E-state index in [0.29, 0.717) is 16.8 Å². The first kappa shape index (κ1) is 9.79. The van der Waals surface area contributed by atoms with Crippen molar-refractivity contribution in [3.05, 3.63) is 28.7 Å². The minimum Gasteiger partial charge on any atom is -0.406 e. The highest BCUT2D eigenvalue weighted by Crippen LogP contribution is 2.20. The number of anilines is 1. The fraction of sp³-hybridized carbons (Fsp3) is 0.111. The molecule has 5 nitrogen and oxygen atoms in total. The van der Waals surface area contributed by atoms with E-state index >= 15 is 0 Å². The highest BCUT2D eigenvalue weighted by Gasteiger charge is 2.08. The van der Waals surface area contributed by atoms with Crippen molar-refractivity contribution in [1.29, 1.82) is 0 Å². The van der Waals surface area contributed by atoms with Gasteiger partial charge in [-0.05, 0) is 12.1 Å². The summed E-state index contributed by atoms with van der Waals surface area (Å²) in [5.74, 6) is -1.06. The number of H-pyrrole nitrogens is 1. The number of benzene rings is 1. The zero-order valence-electron chi connectivity index (χ0n) is 7.54. The number of amides is 1. The standard InChI is InChI=1S/C9H7ClN2O3/c10-4-7(13)11-5-2-1-3-6-8(5)15-9(14)12-6/h1-3H,4H2,(H,11,13)(H,12,14). The number of fused-ring (bicyclic) bond motifs is 1. The number of nitrogens with one attached hydrogen (secondary N) is 2. The monoisotopic (exact) mass is 226 g/mol. The Bertz CT molecular complexity index is 558. The number of carbonyl (C=O) groups excluding carboxylic acids is 1. The lowest BCUT2D eigenvalue weighted by Gasteiger charge is -2.01. The molecule has 0 aliphatic rings. The molecule has 1 aromatic carbocycles. The zero-order valence-corrected chi connectivity index (χ0v) is 8.30. The fourth-order valence-electron chi connectivity index (χ4n) is 1.26. The molecule has 0 aliphatic heterocycles. The highest BCUT2D eigenvalue weighted by molar-refractivity contribution is 6.29. The van der Waals surface area contributed by atoms with Crippen LogP contribution in [-0.4, -0.2) is 16.8 Å². The van der Waals surface area contributed by atoms with Crippen LogP contribution in [0.2, 0.25) is 0 Å². The molecule has 0 radical (unpaired) electrons. The summed E-state index contributed by atoms with van der Waals surface area (Å²) in [6.45, 7) is 0. The molecule has 1 heterocycles. The van der Waals surface area contributed by atoms with Crippen molar-refractivity contribution in [3.63, 3.8) is 0 Å². The first-order valence-electron chi connectivity index (χ1n) is 4.18. The number of carbonyl (C=O) groups is 1. The van der Waals surface area contributed by atoms with Gasteiger partial charge < -0.3 is 9.73 Å². The third kappa shape index (κ3) is 1.87. The molecule has 78 valence electrons. The summed E-state index contributed by atoms with van der Waals surface area (Å²) in [5.41, 5.74) is 1.28. The largest absolute Gasteiger partial charge is 0.417 e. The van der Waals surface area contributed by atoms with E-state index < -0.39 is 5.76 Å². The number of rotatable bonds is 2. The van der Waals surface area contributed by atoms with Crippen molar-refractivity contribution in [2.24, 2.45) is 0 Å². The van der Waals surface area contributed by atoms with E-state index in [1.165, 1.54) is 0 Å². The molecule has 0 saturated heterocycles. The number of alkyl halides is 1. The van der Waals surface area contributed by atoms with Crippen LogP contribution < -0.4 is 11.1 Å². The maximum absolute atomic E-state index is 11.1. The van der Waals surface area contributed by atoms with E-state index in [0.717, 1.165) is 0 Å². The van der Waals surface area contributed by atoms with Crippen molar-refractivity contribution in [2.75, 3.05) is 11.2 Å². The second-order valence-corrected chi connectivity index (χ2v) is 3.15. The summed E-state index contributed by atoms with van der Waals surface area (Å²) in [7, 11) is 0. The predicted octanol–water partition coefficient (Wildman–Crippen LogP) is 1.30. The fourth-order valence-corrected chi connectivity index (χ4v) is 1.32. The number of hydrogen-bond donors (Lipinski definition) is 2. The average molecular weight is 227 g/mol. The molecule has 0 fully saturated rings. The van der Waals surface area contributed by atoms with Crippen LogP contribution >= 0.6 is 11.6 Å². The van der Waals surface area contributed by atoms with Crippen LogP contribution in [-0.2, 0) is 4.79 Å². The van der Waals surface area contributed by atoms with Gasteiger partial charge in [0.25, 0.3) is 0 Å². The Hall–Kier alpha value is -1.75. The van der Waals surface area contributed by atoms with Crippen molar-refractivity contribution < 1.29 is 9.21 Å². The number of hydrogen-bond acceptors (Lipinski definition) is 3. The van der Waals surface area contributed by atoms with E-state index in [1.807, 2.05) is 0 Å². The van der Waals surface area contributed by atoms with E-state index in [2.05, 4.69) is 10.3 Å². The minimum absolute atomic E-state index is 0.148. The van der Waals surface area contributed by atoms with E-state index in [4.69, 9.17) is 16.0 Å². The maximum Gasteiger partial charge on any atom is 0.417 e.